The molecule has 114 valence electrons. The second kappa shape index (κ2) is 5.35. The molecule has 5 nitrogen and oxygen atoms in total. The van der Waals surface area contributed by atoms with Crippen molar-refractivity contribution in [3.05, 3.63) is 28.8 Å². The third-order valence-electron chi connectivity index (χ3n) is 3.25. The maximum absolute atomic E-state index is 13.0. The fourth-order valence-corrected chi connectivity index (χ4v) is 2.33. The zero-order valence-corrected chi connectivity index (χ0v) is 12.3. The highest BCUT2D eigenvalue weighted by atomic mass is 19.1. The van der Waals surface area contributed by atoms with Gasteiger partial charge in [0.15, 0.2) is 0 Å². The number of carbonyl (C=O) groups is 2. The number of phenolic OH excluding ortho intramolecular Hbond substituents is 1. The van der Waals surface area contributed by atoms with Crippen LogP contribution in [-0.2, 0) is 17.7 Å². The molecular weight excluding hydrogens is 277 g/mol. The topological polar surface area (TPSA) is 66.8 Å². The Hall–Kier alpha value is -2.11. The summed E-state index contributed by atoms with van der Waals surface area (Å²) in [6.45, 7) is 5.70. The van der Waals surface area contributed by atoms with Gasteiger partial charge < -0.3 is 14.7 Å². The van der Waals surface area contributed by atoms with E-state index in [0.717, 1.165) is 0 Å². The lowest BCUT2D eigenvalue weighted by atomic mass is 9.94. The standard InChI is InChI=1S/C15H18FNO4/c1-15(2,3)21-14(20)17-7-6-9-10(13(16)19)4-5-12(18)11(9)8-17/h4-5,18H,6-8H2,1-3H3. The molecule has 2 rings (SSSR count). The first-order chi connectivity index (χ1) is 9.69. The predicted molar refractivity (Wildman–Crippen MR) is 73.9 cm³/mol. The normalized spacial score (nSPS) is 14.6. The molecule has 0 bridgehead atoms. The summed E-state index contributed by atoms with van der Waals surface area (Å²) in [4.78, 5) is 24.4. The summed E-state index contributed by atoms with van der Waals surface area (Å²) >= 11 is 0. The molecule has 6 heteroatoms. The third kappa shape index (κ3) is 3.32. The molecule has 0 saturated heterocycles. The number of carbonyl (C=O) groups excluding carboxylic acids is 2. The first-order valence-corrected chi connectivity index (χ1v) is 6.70. The zero-order valence-electron chi connectivity index (χ0n) is 12.3. The largest absolute Gasteiger partial charge is 0.508 e. The highest BCUT2D eigenvalue weighted by molar-refractivity contribution is 5.91. The molecule has 21 heavy (non-hydrogen) atoms. The average Bonchev–Trinajstić information content (AvgIpc) is 2.36. The first kappa shape index (κ1) is 15.3. The number of fused-ring (bicyclic) bond motifs is 1. The number of rotatable bonds is 1. The lowest BCUT2D eigenvalue weighted by Crippen LogP contribution is -2.40. The maximum atomic E-state index is 13.0. The van der Waals surface area contributed by atoms with Crippen molar-refractivity contribution in [1.29, 1.82) is 0 Å². The number of hydrogen-bond donors (Lipinski definition) is 1. The minimum absolute atomic E-state index is 0.0494. The molecule has 0 unspecified atom stereocenters. The summed E-state index contributed by atoms with van der Waals surface area (Å²) in [6.07, 6.45) is -0.196. The second-order valence-electron chi connectivity index (χ2n) is 6.01. The molecule has 0 spiro atoms. The number of aromatic hydroxyl groups is 1. The molecule has 0 aromatic heterocycles. The van der Waals surface area contributed by atoms with Crippen LogP contribution in [0.25, 0.3) is 0 Å². The van der Waals surface area contributed by atoms with Crippen LogP contribution in [0.15, 0.2) is 12.1 Å². The highest BCUT2D eigenvalue weighted by Crippen LogP contribution is 2.31. The molecule has 1 N–H and O–H groups in total. The van der Waals surface area contributed by atoms with Crippen LogP contribution in [0, 0.1) is 0 Å². The van der Waals surface area contributed by atoms with E-state index >= 15 is 0 Å². The van der Waals surface area contributed by atoms with E-state index in [0.29, 0.717) is 24.1 Å². The zero-order chi connectivity index (χ0) is 15.8. The van der Waals surface area contributed by atoms with Gasteiger partial charge in [0.05, 0.1) is 12.1 Å². The molecule has 1 heterocycles. The first-order valence-electron chi connectivity index (χ1n) is 6.70. The molecular formula is C15H18FNO4. The smallest absolute Gasteiger partial charge is 0.410 e. The van der Waals surface area contributed by atoms with E-state index < -0.39 is 17.7 Å². The van der Waals surface area contributed by atoms with Crippen LogP contribution in [0.5, 0.6) is 5.75 Å². The number of benzene rings is 1. The Morgan fingerprint density at radius 1 is 1.29 bits per heavy atom. The van der Waals surface area contributed by atoms with Gasteiger partial charge in [-0.05, 0) is 44.9 Å². The number of halogens is 1. The van der Waals surface area contributed by atoms with Crippen molar-refractivity contribution in [2.75, 3.05) is 6.54 Å². The van der Waals surface area contributed by atoms with Crippen molar-refractivity contribution in [2.24, 2.45) is 0 Å². The minimum Gasteiger partial charge on any atom is -0.508 e. The fourth-order valence-electron chi connectivity index (χ4n) is 2.33. The van der Waals surface area contributed by atoms with Gasteiger partial charge in [-0.3, -0.25) is 4.79 Å². The van der Waals surface area contributed by atoms with Crippen molar-refractivity contribution in [2.45, 2.75) is 39.3 Å². The lowest BCUT2D eigenvalue weighted by Gasteiger charge is -2.32. The van der Waals surface area contributed by atoms with Crippen molar-refractivity contribution in [1.82, 2.24) is 4.90 Å². The van der Waals surface area contributed by atoms with Gasteiger partial charge in [-0.15, -0.1) is 0 Å². The average molecular weight is 295 g/mol. The molecule has 0 aliphatic carbocycles. The van der Waals surface area contributed by atoms with E-state index in [1.54, 1.807) is 20.8 Å². The Kier molecular flexibility index (Phi) is 3.89. The summed E-state index contributed by atoms with van der Waals surface area (Å²) in [6, 6.07) is 1.00. The number of hydrogen-bond acceptors (Lipinski definition) is 4. The third-order valence-corrected chi connectivity index (χ3v) is 3.25. The molecule has 1 aromatic rings. The van der Waals surface area contributed by atoms with Crippen LogP contribution in [-0.4, -0.2) is 34.3 Å². The highest BCUT2D eigenvalue weighted by Gasteiger charge is 2.29. The van der Waals surface area contributed by atoms with Crippen LogP contribution in [0.1, 0.15) is 42.3 Å². The summed E-state index contributed by atoms with van der Waals surface area (Å²) in [7, 11) is 0. The number of ether oxygens (including phenoxy) is 1. The summed E-state index contributed by atoms with van der Waals surface area (Å²) in [5.41, 5.74) is 0.195. The van der Waals surface area contributed by atoms with Gasteiger partial charge in [-0.25, -0.2) is 4.79 Å². The van der Waals surface area contributed by atoms with Crippen molar-refractivity contribution in [3.8, 4) is 5.75 Å². The van der Waals surface area contributed by atoms with Gasteiger partial charge in [0.2, 0.25) is 0 Å². The summed E-state index contributed by atoms with van der Waals surface area (Å²) in [5.74, 6) is -0.0525. The number of phenols is 1. The minimum atomic E-state index is -1.53. The molecule has 1 aliphatic rings. The molecule has 0 saturated carbocycles. The van der Waals surface area contributed by atoms with E-state index in [4.69, 9.17) is 4.74 Å². The van der Waals surface area contributed by atoms with Gasteiger partial charge in [-0.1, -0.05) is 0 Å². The predicted octanol–water partition coefficient (Wildman–Crippen LogP) is 2.80. The number of amides is 1. The van der Waals surface area contributed by atoms with Crippen LogP contribution >= 0.6 is 0 Å². The van der Waals surface area contributed by atoms with Gasteiger partial charge in [0.25, 0.3) is 0 Å². The Labute approximate surface area is 122 Å². The van der Waals surface area contributed by atoms with Crippen molar-refractivity contribution < 1.29 is 23.8 Å². The van der Waals surface area contributed by atoms with Gasteiger partial charge in [0, 0.05) is 12.1 Å². The fraction of sp³-hybridized carbons (Fsp3) is 0.467. The summed E-state index contributed by atoms with van der Waals surface area (Å²) in [5, 5.41) is 9.88. The van der Waals surface area contributed by atoms with Crippen molar-refractivity contribution >= 4 is 12.1 Å². The molecule has 1 amide bonds. The maximum Gasteiger partial charge on any atom is 0.410 e. The molecule has 1 aliphatic heterocycles. The Morgan fingerprint density at radius 3 is 2.52 bits per heavy atom. The van der Waals surface area contributed by atoms with Crippen LogP contribution in [0.3, 0.4) is 0 Å². The van der Waals surface area contributed by atoms with E-state index in [9.17, 15) is 19.1 Å². The Bertz CT molecular complexity index is 592. The Morgan fingerprint density at radius 2 is 1.95 bits per heavy atom. The molecule has 1 aromatic carbocycles. The lowest BCUT2D eigenvalue weighted by molar-refractivity contribution is 0.0222. The van der Waals surface area contributed by atoms with Crippen molar-refractivity contribution in [3.63, 3.8) is 0 Å². The van der Waals surface area contributed by atoms with E-state index in [2.05, 4.69) is 0 Å². The molecule has 0 radical (unpaired) electrons. The SMILES string of the molecule is CC(C)(C)OC(=O)N1CCc2c(C(=O)F)ccc(O)c2C1. The van der Waals surface area contributed by atoms with Crippen LogP contribution < -0.4 is 0 Å². The monoisotopic (exact) mass is 295 g/mol. The van der Waals surface area contributed by atoms with Crippen LogP contribution in [0.4, 0.5) is 9.18 Å². The second-order valence-corrected chi connectivity index (χ2v) is 6.01. The Balaban J connectivity index is 2.27. The number of nitrogens with zero attached hydrogens (tertiary/aromatic N) is 1. The van der Waals surface area contributed by atoms with E-state index in [-0.39, 0.29) is 17.9 Å². The quantitative estimate of drug-likeness (QED) is 0.809. The van der Waals surface area contributed by atoms with Gasteiger partial charge in [0.1, 0.15) is 11.4 Å². The molecule has 0 fully saturated rings. The van der Waals surface area contributed by atoms with E-state index in [1.807, 2.05) is 0 Å². The van der Waals surface area contributed by atoms with Gasteiger partial charge in [-0.2, -0.15) is 4.39 Å². The summed E-state index contributed by atoms with van der Waals surface area (Å²) < 4.78 is 18.3. The van der Waals surface area contributed by atoms with Gasteiger partial charge >= 0.3 is 12.1 Å². The molecule has 0 atom stereocenters. The van der Waals surface area contributed by atoms with E-state index in [1.165, 1.54) is 17.0 Å². The van der Waals surface area contributed by atoms with Crippen LogP contribution in [0.2, 0.25) is 0 Å².